The Morgan fingerprint density at radius 1 is 1.50 bits per heavy atom. The first kappa shape index (κ1) is 13.0. The van der Waals surface area contributed by atoms with E-state index in [1.807, 2.05) is 11.7 Å². The normalized spacial score (nSPS) is 13.1. The summed E-state index contributed by atoms with van der Waals surface area (Å²) in [5, 5.41) is 7.72. The Bertz CT molecular complexity index is 320. The number of aryl methyl sites for hydroxylation is 1. The van der Waals surface area contributed by atoms with Crippen molar-refractivity contribution >= 4 is 0 Å². The Hall–Kier alpha value is -1.03. The van der Waals surface area contributed by atoms with Crippen LogP contribution in [-0.2, 0) is 6.54 Å². The van der Waals surface area contributed by atoms with Gasteiger partial charge in [0, 0.05) is 6.54 Å². The van der Waals surface area contributed by atoms with Gasteiger partial charge in [-0.3, -0.25) is 4.68 Å². The van der Waals surface area contributed by atoms with Crippen LogP contribution in [0.1, 0.15) is 38.9 Å². The van der Waals surface area contributed by atoms with E-state index in [0.717, 1.165) is 24.4 Å². The van der Waals surface area contributed by atoms with E-state index in [0.29, 0.717) is 5.92 Å². The minimum absolute atomic E-state index is 0.281. The average molecular weight is 225 g/mol. The maximum Gasteiger partial charge on any atom is 0.161 e. The third kappa shape index (κ3) is 2.55. The fraction of sp³-hybridized carbons (Fsp3) is 0.750. The van der Waals surface area contributed by atoms with E-state index < -0.39 is 0 Å². The van der Waals surface area contributed by atoms with Crippen molar-refractivity contribution in [2.24, 2.45) is 5.92 Å². The molecule has 0 fully saturated rings. The van der Waals surface area contributed by atoms with Crippen LogP contribution >= 0.6 is 0 Å². The largest absolute Gasteiger partial charge is 0.493 e. The highest BCUT2D eigenvalue weighted by Gasteiger charge is 2.22. The molecule has 0 aliphatic carbocycles. The second-order valence-corrected chi connectivity index (χ2v) is 4.33. The molecule has 0 amide bonds. The van der Waals surface area contributed by atoms with Gasteiger partial charge in [-0.2, -0.15) is 5.10 Å². The zero-order valence-corrected chi connectivity index (χ0v) is 10.9. The predicted molar refractivity (Wildman–Crippen MR) is 65.7 cm³/mol. The van der Waals surface area contributed by atoms with E-state index in [4.69, 9.17) is 4.74 Å². The van der Waals surface area contributed by atoms with E-state index in [1.54, 1.807) is 13.3 Å². The number of methoxy groups -OCH3 is 1. The fourth-order valence-corrected chi connectivity index (χ4v) is 2.02. The molecule has 0 radical (unpaired) electrons. The van der Waals surface area contributed by atoms with Crippen LogP contribution in [0.3, 0.4) is 0 Å². The molecule has 0 aromatic carbocycles. The summed E-state index contributed by atoms with van der Waals surface area (Å²) in [5.74, 6) is 1.38. The lowest BCUT2D eigenvalue weighted by Crippen LogP contribution is -2.25. The number of ether oxygens (including phenoxy) is 1. The summed E-state index contributed by atoms with van der Waals surface area (Å²) in [5.41, 5.74) is 1.15. The van der Waals surface area contributed by atoms with Crippen molar-refractivity contribution in [1.29, 1.82) is 0 Å². The highest BCUT2D eigenvalue weighted by atomic mass is 16.5. The minimum Gasteiger partial charge on any atom is -0.493 e. The number of hydrogen-bond donors (Lipinski definition) is 1. The molecular weight excluding hydrogens is 202 g/mol. The SMILES string of the molecule is CCCn1ncc(OC)c1C(NC)C(C)C. The van der Waals surface area contributed by atoms with Gasteiger partial charge in [-0.25, -0.2) is 0 Å². The van der Waals surface area contributed by atoms with E-state index in [9.17, 15) is 0 Å². The van der Waals surface area contributed by atoms with Gasteiger partial charge in [-0.1, -0.05) is 20.8 Å². The van der Waals surface area contributed by atoms with Crippen LogP contribution < -0.4 is 10.1 Å². The molecule has 1 heterocycles. The third-order valence-electron chi connectivity index (χ3n) is 2.77. The van der Waals surface area contributed by atoms with Crippen molar-refractivity contribution in [1.82, 2.24) is 15.1 Å². The van der Waals surface area contributed by atoms with Gasteiger partial charge in [0.1, 0.15) is 0 Å². The molecule has 1 unspecified atom stereocenters. The first-order valence-corrected chi connectivity index (χ1v) is 5.92. The van der Waals surface area contributed by atoms with Gasteiger partial charge in [-0.15, -0.1) is 0 Å². The summed E-state index contributed by atoms with van der Waals surface area (Å²) in [6, 6.07) is 0.281. The molecule has 0 spiro atoms. The van der Waals surface area contributed by atoms with Crippen molar-refractivity contribution in [2.75, 3.05) is 14.2 Å². The quantitative estimate of drug-likeness (QED) is 0.807. The van der Waals surface area contributed by atoms with Gasteiger partial charge in [0.15, 0.2) is 5.75 Å². The average Bonchev–Trinajstić information content (AvgIpc) is 2.63. The number of nitrogens with zero attached hydrogens (tertiary/aromatic N) is 2. The summed E-state index contributed by atoms with van der Waals surface area (Å²) in [6.07, 6.45) is 2.88. The van der Waals surface area contributed by atoms with Crippen LogP contribution in [0.15, 0.2) is 6.20 Å². The number of aromatic nitrogens is 2. The molecular formula is C12H23N3O. The Labute approximate surface area is 98.0 Å². The molecule has 0 aliphatic heterocycles. The zero-order valence-electron chi connectivity index (χ0n) is 10.9. The Morgan fingerprint density at radius 3 is 2.62 bits per heavy atom. The maximum absolute atomic E-state index is 5.38. The van der Waals surface area contributed by atoms with Crippen LogP contribution in [0.5, 0.6) is 5.75 Å². The molecule has 0 bridgehead atoms. The van der Waals surface area contributed by atoms with Gasteiger partial charge in [0.2, 0.25) is 0 Å². The van der Waals surface area contributed by atoms with Crippen LogP contribution in [0.4, 0.5) is 0 Å². The zero-order chi connectivity index (χ0) is 12.1. The highest BCUT2D eigenvalue weighted by Crippen LogP contribution is 2.29. The lowest BCUT2D eigenvalue weighted by atomic mass is 10.0. The molecule has 1 aromatic heterocycles. The van der Waals surface area contributed by atoms with Crippen molar-refractivity contribution in [3.05, 3.63) is 11.9 Å². The van der Waals surface area contributed by atoms with E-state index in [-0.39, 0.29) is 6.04 Å². The van der Waals surface area contributed by atoms with Crippen LogP contribution in [0.2, 0.25) is 0 Å². The second kappa shape index (κ2) is 5.89. The van der Waals surface area contributed by atoms with Gasteiger partial charge in [0.05, 0.1) is 25.0 Å². The predicted octanol–water partition coefficient (Wildman–Crippen LogP) is 2.22. The number of hydrogen-bond acceptors (Lipinski definition) is 3. The number of nitrogens with one attached hydrogen (secondary N) is 1. The lowest BCUT2D eigenvalue weighted by molar-refractivity contribution is 0.364. The second-order valence-electron chi connectivity index (χ2n) is 4.33. The summed E-state index contributed by atoms with van der Waals surface area (Å²) in [6.45, 7) is 7.49. The third-order valence-corrected chi connectivity index (χ3v) is 2.77. The summed E-state index contributed by atoms with van der Waals surface area (Å²) >= 11 is 0. The molecule has 92 valence electrons. The molecule has 1 N–H and O–H groups in total. The van der Waals surface area contributed by atoms with Gasteiger partial charge >= 0.3 is 0 Å². The van der Waals surface area contributed by atoms with Crippen LogP contribution in [0, 0.1) is 5.92 Å². The molecule has 0 aliphatic rings. The van der Waals surface area contributed by atoms with Crippen molar-refractivity contribution < 1.29 is 4.74 Å². The standard InChI is InChI=1S/C12H23N3O/c1-6-7-15-12(10(16-5)8-14-15)11(13-4)9(2)3/h8-9,11,13H,6-7H2,1-5H3. The van der Waals surface area contributed by atoms with E-state index in [1.165, 1.54) is 0 Å². The number of rotatable bonds is 6. The highest BCUT2D eigenvalue weighted by molar-refractivity contribution is 5.28. The summed E-state index contributed by atoms with van der Waals surface area (Å²) in [7, 11) is 3.68. The monoisotopic (exact) mass is 225 g/mol. The molecule has 1 atom stereocenters. The molecule has 16 heavy (non-hydrogen) atoms. The lowest BCUT2D eigenvalue weighted by Gasteiger charge is -2.22. The van der Waals surface area contributed by atoms with Gasteiger partial charge in [0.25, 0.3) is 0 Å². The Balaban J connectivity index is 3.09. The minimum atomic E-state index is 0.281. The van der Waals surface area contributed by atoms with Crippen molar-refractivity contribution in [3.8, 4) is 5.75 Å². The molecule has 1 aromatic rings. The summed E-state index contributed by atoms with van der Waals surface area (Å²) < 4.78 is 7.42. The van der Waals surface area contributed by atoms with Gasteiger partial charge in [-0.05, 0) is 19.4 Å². The summed E-state index contributed by atoms with van der Waals surface area (Å²) in [4.78, 5) is 0. The topological polar surface area (TPSA) is 39.1 Å². The first-order valence-electron chi connectivity index (χ1n) is 5.92. The van der Waals surface area contributed by atoms with E-state index >= 15 is 0 Å². The molecule has 4 heteroatoms. The van der Waals surface area contributed by atoms with Gasteiger partial charge < -0.3 is 10.1 Å². The molecule has 1 rings (SSSR count). The Morgan fingerprint density at radius 2 is 2.19 bits per heavy atom. The van der Waals surface area contributed by atoms with E-state index in [2.05, 4.69) is 31.2 Å². The molecule has 0 saturated heterocycles. The molecule has 0 saturated carbocycles. The van der Waals surface area contributed by atoms with Crippen molar-refractivity contribution in [2.45, 2.75) is 39.8 Å². The fourth-order valence-electron chi connectivity index (χ4n) is 2.02. The Kier molecular flexibility index (Phi) is 4.80. The molecule has 4 nitrogen and oxygen atoms in total. The van der Waals surface area contributed by atoms with Crippen LogP contribution in [0.25, 0.3) is 0 Å². The van der Waals surface area contributed by atoms with Crippen LogP contribution in [-0.4, -0.2) is 23.9 Å². The maximum atomic E-state index is 5.38. The first-order chi connectivity index (χ1) is 7.65. The van der Waals surface area contributed by atoms with Crippen molar-refractivity contribution in [3.63, 3.8) is 0 Å². The smallest absolute Gasteiger partial charge is 0.161 e.